The van der Waals surface area contributed by atoms with E-state index in [1.807, 2.05) is 20.8 Å². The molecule has 0 aromatic rings. The fraction of sp³-hybridized carbons (Fsp3) is 0.700. The first-order chi connectivity index (χ1) is 5.79. The zero-order chi connectivity index (χ0) is 10.6. The van der Waals surface area contributed by atoms with Gasteiger partial charge in [0.1, 0.15) is 6.10 Å². The fourth-order valence-corrected chi connectivity index (χ4v) is 0.991. The van der Waals surface area contributed by atoms with Crippen LogP contribution in [0.15, 0.2) is 12.2 Å². The lowest BCUT2D eigenvalue weighted by Gasteiger charge is -2.29. The van der Waals surface area contributed by atoms with Crippen molar-refractivity contribution < 1.29 is 9.53 Å². The summed E-state index contributed by atoms with van der Waals surface area (Å²) in [4.78, 5) is 11.2. The number of carbonyl (C=O) groups excluding carboxylic acids is 1. The predicted molar refractivity (Wildman–Crippen MR) is 53.3 cm³/mol. The molecule has 0 rings (SSSR count). The van der Waals surface area contributed by atoms with E-state index in [1.165, 1.54) is 0 Å². The van der Waals surface area contributed by atoms with E-state index in [1.54, 1.807) is 6.92 Å². The third-order valence-corrected chi connectivity index (χ3v) is 1.80. The molecule has 0 saturated carbocycles. The zero-order valence-corrected chi connectivity index (χ0v) is 8.89. The quantitative estimate of drug-likeness (QED) is 0.535. The molecule has 2 N–H and O–H groups in total. The molecule has 3 nitrogen and oxygen atoms in total. The molecule has 0 radical (unpaired) electrons. The average molecular weight is 185 g/mol. The minimum Gasteiger partial charge on any atom is -0.457 e. The van der Waals surface area contributed by atoms with Gasteiger partial charge in [0.25, 0.3) is 0 Å². The summed E-state index contributed by atoms with van der Waals surface area (Å²) >= 11 is 0. The molecule has 0 amide bonds. The molecule has 0 aromatic heterocycles. The Bertz CT molecular complexity index is 203. The third kappa shape index (κ3) is 4.08. The molecule has 0 spiro atoms. The van der Waals surface area contributed by atoms with Gasteiger partial charge >= 0.3 is 5.97 Å². The van der Waals surface area contributed by atoms with Crippen LogP contribution < -0.4 is 5.73 Å². The van der Waals surface area contributed by atoms with Gasteiger partial charge in [-0.1, -0.05) is 13.5 Å². The Balaban J connectivity index is 4.31. The Morgan fingerprint density at radius 3 is 2.31 bits per heavy atom. The molecular weight excluding hydrogens is 166 g/mol. The first-order valence-corrected chi connectivity index (χ1v) is 4.44. The minimum atomic E-state index is -0.500. The van der Waals surface area contributed by atoms with Crippen LogP contribution in [0.5, 0.6) is 0 Å². The molecular formula is C10H19NO2. The zero-order valence-electron chi connectivity index (χ0n) is 8.89. The highest BCUT2D eigenvalue weighted by atomic mass is 16.5. The van der Waals surface area contributed by atoms with Crippen molar-refractivity contribution in [1.29, 1.82) is 0 Å². The summed E-state index contributed by atoms with van der Waals surface area (Å²) in [5.41, 5.74) is 5.74. The van der Waals surface area contributed by atoms with Crippen molar-refractivity contribution in [3.63, 3.8) is 0 Å². The summed E-state index contributed by atoms with van der Waals surface area (Å²) in [6, 6.07) is 0. The highest BCUT2D eigenvalue weighted by molar-refractivity contribution is 5.87. The summed E-state index contributed by atoms with van der Waals surface area (Å²) in [6.07, 6.45) is 0.458. The average Bonchev–Trinajstić information content (AvgIpc) is 1.96. The van der Waals surface area contributed by atoms with Crippen LogP contribution in [0.3, 0.4) is 0 Å². The molecule has 0 heterocycles. The lowest BCUT2D eigenvalue weighted by molar-refractivity contribution is -0.147. The van der Waals surface area contributed by atoms with Crippen molar-refractivity contribution in [2.45, 2.75) is 45.8 Å². The molecule has 0 aliphatic rings. The van der Waals surface area contributed by atoms with Gasteiger partial charge in [-0.05, 0) is 27.2 Å². The van der Waals surface area contributed by atoms with Gasteiger partial charge in [0.15, 0.2) is 0 Å². The van der Waals surface area contributed by atoms with Gasteiger partial charge < -0.3 is 10.5 Å². The molecule has 0 saturated heterocycles. The number of carbonyl (C=O) groups is 1. The van der Waals surface area contributed by atoms with Gasteiger partial charge in [-0.25, -0.2) is 4.79 Å². The van der Waals surface area contributed by atoms with Gasteiger partial charge in [-0.15, -0.1) is 0 Å². The number of nitrogens with two attached hydrogens (primary N) is 1. The topological polar surface area (TPSA) is 52.3 Å². The number of rotatable bonds is 4. The summed E-state index contributed by atoms with van der Waals surface area (Å²) < 4.78 is 5.16. The SMILES string of the molecule is C=C(C)C(=O)OC(CC)C(C)(C)N. The van der Waals surface area contributed by atoms with Crippen molar-refractivity contribution in [1.82, 2.24) is 0 Å². The van der Waals surface area contributed by atoms with Gasteiger partial charge in [0.05, 0.1) is 0 Å². The molecule has 76 valence electrons. The van der Waals surface area contributed by atoms with Crippen LogP contribution in [-0.2, 0) is 9.53 Å². The van der Waals surface area contributed by atoms with E-state index in [2.05, 4.69) is 6.58 Å². The van der Waals surface area contributed by atoms with Crippen LogP contribution in [0.4, 0.5) is 0 Å². The second-order valence-electron chi connectivity index (χ2n) is 3.90. The van der Waals surface area contributed by atoms with Gasteiger partial charge in [0.2, 0.25) is 0 Å². The highest BCUT2D eigenvalue weighted by Crippen LogP contribution is 2.14. The van der Waals surface area contributed by atoms with E-state index >= 15 is 0 Å². The first-order valence-electron chi connectivity index (χ1n) is 4.44. The molecule has 0 aliphatic heterocycles. The Labute approximate surface area is 79.9 Å². The standard InChI is InChI=1S/C10H19NO2/c1-6-8(10(4,5)11)13-9(12)7(2)3/h8H,2,6,11H2,1,3-5H3. The molecule has 1 unspecified atom stereocenters. The molecule has 1 atom stereocenters. The van der Waals surface area contributed by atoms with E-state index in [0.29, 0.717) is 12.0 Å². The van der Waals surface area contributed by atoms with Crippen LogP contribution in [-0.4, -0.2) is 17.6 Å². The normalized spacial score (nSPS) is 13.6. The monoisotopic (exact) mass is 185 g/mol. The van der Waals surface area contributed by atoms with Crippen LogP contribution in [0, 0.1) is 0 Å². The van der Waals surface area contributed by atoms with Crippen LogP contribution >= 0.6 is 0 Å². The Kier molecular flexibility index (Phi) is 4.14. The van der Waals surface area contributed by atoms with E-state index in [4.69, 9.17) is 10.5 Å². The molecule has 3 heteroatoms. The van der Waals surface area contributed by atoms with E-state index in [0.717, 1.165) is 0 Å². The van der Waals surface area contributed by atoms with Gasteiger partial charge in [-0.3, -0.25) is 0 Å². The summed E-state index contributed by atoms with van der Waals surface area (Å²) in [5, 5.41) is 0. The summed E-state index contributed by atoms with van der Waals surface area (Å²) in [6.45, 7) is 10.7. The lowest BCUT2D eigenvalue weighted by atomic mass is 9.96. The number of ether oxygens (including phenoxy) is 1. The number of hydrogen-bond acceptors (Lipinski definition) is 3. The van der Waals surface area contributed by atoms with E-state index in [9.17, 15) is 4.79 Å². The van der Waals surface area contributed by atoms with Crippen molar-refractivity contribution in [3.8, 4) is 0 Å². The van der Waals surface area contributed by atoms with Crippen molar-refractivity contribution in [3.05, 3.63) is 12.2 Å². The molecule has 0 fully saturated rings. The fourth-order valence-electron chi connectivity index (χ4n) is 0.991. The lowest BCUT2D eigenvalue weighted by Crippen LogP contribution is -2.47. The molecule has 0 bridgehead atoms. The Morgan fingerprint density at radius 2 is 2.08 bits per heavy atom. The van der Waals surface area contributed by atoms with Crippen molar-refractivity contribution >= 4 is 5.97 Å². The van der Waals surface area contributed by atoms with Crippen LogP contribution in [0.25, 0.3) is 0 Å². The molecule has 13 heavy (non-hydrogen) atoms. The maximum Gasteiger partial charge on any atom is 0.333 e. The van der Waals surface area contributed by atoms with E-state index < -0.39 is 5.54 Å². The smallest absolute Gasteiger partial charge is 0.333 e. The first kappa shape index (κ1) is 12.2. The van der Waals surface area contributed by atoms with Crippen LogP contribution in [0.2, 0.25) is 0 Å². The maximum absolute atomic E-state index is 11.2. The maximum atomic E-state index is 11.2. The summed E-state index contributed by atoms with van der Waals surface area (Å²) in [7, 11) is 0. The van der Waals surface area contributed by atoms with Gasteiger partial charge in [0, 0.05) is 11.1 Å². The molecule has 0 aromatic carbocycles. The third-order valence-electron chi connectivity index (χ3n) is 1.80. The van der Waals surface area contributed by atoms with E-state index in [-0.39, 0.29) is 12.1 Å². The van der Waals surface area contributed by atoms with Crippen molar-refractivity contribution in [2.75, 3.05) is 0 Å². The molecule has 0 aliphatic carbocycles. The second-order valence-corrected chi connectivity index (χ2v) is 3.90. The highest BCUT2D eigenvalue weighted by Gasteiger charge is 2.27. The predicted octanol–water partition coefficient (Wildman–Crippen LogP) is 1.62. The minimum absolute atomic E-state index is 0.253. The van der Waals surface area contributed by atoms with Crippen LogP contribution in [0.1, 0.15) is 34.1 Å². The van der Waals surface area contributed by atoms with Crippen molar-refractivity contribution in [2.24, 2.45) is 5.73 Å². The second kappa shape index (κ2) is 4.42. The van der Waals surface area contributed by atoms with Gasteiger partial charge in [-0.2, -0.15) is 0 Å². The Hall–Kier alpha value is -0.830. The summed E-state index contributed by atoms with van der Waals surface area (Å²) in [5.74, 6) is -0.370. The number of esters is 1. The Morgan fingerprint density at radius 1 is 1.62 bits per heavy atom. The largest absolute Gasteiger partial charge is 0.457 e. The number of hydrogen-bond donors (Lipinski definition) is 1.